The van der Waals surface area contributed by atoms with Crippen molar-refractivity contribution in [1.82, 2.24) is 4.57 Å². The number of aryl methyl sites for hydroxylation is 1. The lowest BCUT2D eigenvalue weighted by atomic mass is 9.96. The number of ketones is 1. The first-order valence-electron chi connectivity index (χ1n) is 10.1. The van der Waals surface area contributed by atoms with E-state index in [4.69, 9.17) is 4.74 Å². The summed E-state index contributed by atoms with van der Waals surface area (Å²) in [6.07, 6.45) is 0.771. The van der Waals surface area contributed by atoms with Crippen molar-refractivity contribution >= 4 is 5.78 Å². The zero-order valence-electron chi connectivity index (χ0n) is 17.8. The molecule has 0 aliphatic rings. The van der Waals surface area contributed by atoms with E-state index in [1.807, 2.05) is 44.2 Å². The molecule has 2 aromatic carbocycles. The summed E-state index contributed by atoms with van der Waals surface area (Å²) in [6, 6.07) is 16.1. The van der Waals surface area contributed by atoms with E-state index in [0.29, 0.717) is 12.4 Å². The number of nitriles is 1. The van der Waals surface area contributed by atoms with Crippen LogP contribution in [0.1, 0.15) is 51.5 Å². The van der Waals surface area contributed by atoms with E-state index in [-0.39, 0.29) is 28.8 Å². The van der Waals surface area contributed by atoms with E-state index >= 15 is 0 Å². The zero-order chi connectivity index (χ0) is 22.5. The molecule has 0 amide bonds. The van der Waals surface area contributed by atoms with Gasteiger partial charge in [0, 0.05) is 0 Å². The van der Waals surface area contributed by atoms with Crippen LogP contribution in [0.2, 0.25) is 0 Å². The highest BCUT2D eigenvalue weighted by Gasteiger charge is 2.26. The predicted molar refractivity (Wildman–Crippen MR) is 118 cm³/mol. The molecule has 1 N–H and O–H groups in total. The quantitative estimate of drug-likeness (QED) is 0.585. The van der Waals surface area contributed by atoms with Gasteiger partial charge >= 0.3 is 0 Å². The Balaban J connectivity index is 2.17. The molecule has 1 aromatic heterocycles. The normalized spacial score (nSPS) is 10.5. The van der Waals surface area contributed by atoms with Gasteiger partial charge in [0.15, 0.2) is 0 Å². The molecule has 0 fully saturated rings. The third-order valence-corrected chi connectivity index (χ3v) is 5.08. The van der Waals surface area contributed by atoms with Crippen LogP contribution in [0.25, 0.3) is 0 Å². The van der Waals surface area contributed by atoms with Crippen LogP contribution in [0.3, 0.4) is 0 Å². The lowest BCUT2D eigenvalue weighted by Crippen LogP contribution is -2.27. The summed E-state index contributed by atoms with van der Waals surface area (Å²) in [4.78, 5) is 26.3. The molecule has 158 valence electrons. The summed E-state index contributed by atoms with van der Waals surface area (Å²) in [7, 11) is 0. The zero-order valence-corrected chi connectivity index (χ0v) is 17.8. The highest BCUT2D eigenvalue weighted by atomic mass is 16.5. The van der Waals surface area contributed by atoms with Crippen molar-refractivity contribution in [2.45, 2.75) is 33.7 Å². The van der Waals surface area contributed by atoms with Gasteiger partial charge in [-0.3, -0.25) is 14.2 Å². The Hall–Kier alpha value is -3.85. The Kier molecular flexibility index (Phi) is 6.56. The summed E-state index contributed by atoms with van der Waals surface area (Å²) >= 11 is 0. The Morgan fingerprint density at radius 1 is 1.13 bits per heavy atom. The van der Waals surface area contributed by atoms with Gasteiger partial charge in [-0.2, -0.15) is 5.26 Å². The van der Waals surface area contributed by atoms with E-state index in [1.54, 1.807) is 24.3 Å². The van der Waals surface area contributed by atoms with Gasteiger partial charge in [0.2, 0.25) is 11.7 Å². The van der Waals surface area contributed by atoms with Crippen molar-refractivity contribution in [1.29, 1.82) is 5.26 Å². The number of carbonyl (C=O) groups excluding carboxylic acids is 1. The Labute approximate surface area is 181 Å². The molecular weight excluding hydrogens is 392 g/mol. The van der Waals surface area contributed by atoms with Gasteiger partial charge < -0.3 is 9.84 Å². The minimum atomic E-state index is -0.634. The number of carbonyl (C=O) groups is 1. The standard InChI is InChI=1S/C25H24N2O4/c1-4-13-31-21-8-6-5-7-19(21)23(28)22-17(3)20(14-26)24(29)27(25(22)30)15-18-11-9-16(2)10-12-18/h5-12,30H,4,13,15H2,1-3H3. The molecule has 0 radical (unpaired) electrons. The maximum Gasteiger partial charge on any atom is 0.271 e. The van der Waals surface area contributed by atoms with Gasteiger partial charge in [-0.15, -0.1) is 0 Å². The lowest BCUT2D eigenvalue weighted by molar-refractivity contribution is 0.103. The number of benzene rings is 2. The minimum Gasteiger partial charge on any atom is -0.494 e. The number of pyridine rings is 1. The second kappa shape index (κ2) is 9.31. The third-order valence-electron chi connectivity index (χ3n) is 5.08. The van der Waals surface area contributed by atoms with Gasteiger partial charge in [0.05, 0.1) is 24.3 Å². The summed E-state index contributed by atoms with van der Waals surface area (Å²) in [6.45, 7) is 5.88. The topological polar surface area (TPSA) is 92.3 Å². The first kappa shape index (κ1) is 21.8. The maximum atomic E-state index is 13.4. The van der Waals surface area contributed by atoms with Crippen LogP contribution in [0.4, 0.5) is 0 Å². The number of ether oxygens (including phenoxy) is 1. The first-order valence-corrected chi connectivity index (χ1v) is 10.1. The highest BCUT2D eigenvalue weighted by molar-refractivity contribution is 6.13. The van der Waals surface area contributed by atoms with E-state index in [0.717, 1.165) is 22.1 Å². The summed E-state index contributed by atoms with van der Waals surface area (Å²) in [5.41, 5.74) is 1.36. The fraction of sp³-hybridized carbons (Fsp3) is 0.240. The molecule has 0 spiro atoms. The van der Waals surface area contributed by atoms with Crippen molar-refractivity contribution < 1.29 is 14.6 Å². The molecular formula is C25H24N2O4. The van der Waals surface area contributed by atoms with Crippen LogP contribution in [-0.4, -0.2) is 22.1 Å². The Morgan fingerprint density at radius 2 is 1.81 bits per heavy atom. The smallest absolute Gasteiger partial charge is 0.271 e. The average Bonchev–Trinajstić information content (AvgIpc) is 2.77. The molecule has 6 heteroatoms. The molecule has 0 aliphatic carbocycles. The summed E-state index contributed by atoms with van der Waals surface area (Å²) < 4.78 is 6.76. The van der Waals surface area contributed by atoms with Gasteiger partial charge in [0.1, 0.15) is 17.4 Å². The minimum absolute atomic E-state index is 0.0359. The second-order valence-electron chi connectivity index (χ2n) is 7.36. The molecule has 3 rings (SSSR count). The number of hydrogen-bond acceptors (Lipinski definition) is 5. The van der Waals surface area contributed by atoms with Crippen LogP contribution in [-0.2, 0) is 6.54 Å². The number of para-hydroxylation sites is 1. The predicted octanol–water partition coefficient (Wildman–Crippen LogP) is 4.11. The molecule has 1 heterocycles. The number of aromatic hydroxyl groups is 1. The van der Waals surface area contributed by atoms with Gasteiger partial charge in [-0.1, -0.05) is 48.9 Å². The Morgan fingerprint density at radius 3 is 2.45 bits per heavy atom. The molecule has 31 heavy (non-hydrogen) atoms. The number of rotatable bonds is 7. The summed E-state index contributed by atoms with van der Waals surface area (Å²) in [5.74, 6) is -0.573. The fourth-order valence-electron chi connectivity index (χ4n) is 3.37. The molecule has 0 aliphatic heterocycles. The van der Waals surface area contributed by atoms with E-state index in [1.165, 1.54) is 6.92 Å². The van der Waals surface area contributed by atoms with Gasteiger partial charge in [-0.05, 0) is 43.5 Å². The number of hydrogen-bond donors (Lipinski definition) is 1. The van der Waals surface area contributed by atoms with Gasteiger partial charge in [0.25, 0.3) is 5.56 Å². The van der Waals surface area contributed by atoms with Gasteiger partial charge in [-0.25, -0.2) is 0 Å². The summed E-state index contributed by atoms with van der Waals surface area (Å²) in [5, 5.41) is 20.6. The van der Waals surface area contributed by atoms with Crippen LogP contribution < -0.4 is 10.3 Å². The Bertz CT molecular complexity index is 1220. The largest absolute Gasteiger partial charge is 0.494 e. The molecule has 0 unspecified atom stereocenters. The molecule has 0 atom stereocenters. The lowest BCUT2D eigenvalue weighted by Gasteiger charge is -2.17. The average molecular weight is 416 g/mol. The first-order chi connectivity index (χ1) is 14.9. The van der Waals surface area contributed by atoms with Crippen LogP contribution in [0.5, 0.6) is 11.6 Å². The van der Waals surface area contributed by atoms with Crippen molar-refractivity contribution in [3.05, 3.63) is 92.3 Å². The SMILES string of the molecule is CCCOc1ccccc1C(=O)c1c(C)c(C#N)c(=O)n(Cc2ccc(C)cc2)c1O. The molecule has 0 saturated heterocycles. The van der Waals surface area contributed by atoms with Crippen molar-refractivity contribution in [3.63, 3.8) is 0 Å². The van der Waals surface area contributed by atoms with Crippen LogP contribution in [0, 0.1) is 25.2 Å². The number of aromatic nitrogens is 1. The second-order valence-corrected chi connectivity index (χ2v) is 7.36. The van der Waals surface area contributed by atoms with E-state index in [2.05, 4.69) is 0 Å². The third kappa shape index (κ3) is 4.36. The van der Waals surface area contributed by atoms with E-state index in [9.17, 15) is 20.0 Å². The highest BCUT2D eigenvalue weighted by Crippen LogP contribution is 2.29. The van der Waals surface area contributed by atoms with Crippen LogP contribution in [0.15, 0.2) is 53.3 Å². The fourth-order valence-corrected chi connectivity index (χ4v) is 3.37. The van der Waals surface area contributed by atoms with Crippen molar-refractivity contribution in [2.24, 2.45) is 0 Å². The van der Waals surface area contributed by atoms with E-state index < -0.39 is 17.2 Å². The molecule has 0 saturated carbocycles. The molecule has 3 aromatic rings. The van der Waals surface area contributed by atoms with Crippen molar-refractivity contribution in [3.8, 4) is 17.7 Å². The monoisotopic (exact) mass is 416 g/mol. The molecule has 0 bridgehead atoms. The maximum absolute atomic E-state index is 13.4. The van der Waals surface area contributed by atoms with Crippen LogP contribution >= 0.6 is 0 Å². The molecule has 6 nitrogen and oxygen atoms in total. The van der Waals surface area contributed by atoms with Crippen molar-refractivity contribution in [2.75, 3.05) is 6.61 Å². The number of nitrogens with zero attached hydrogens (tertiary/aromatic N) is 2.